The van der Waals surface area contributed by atoms with Crippen molar-refractivity contribution in [2.45, 2.75) is 11.3 Å². The van der Waals surface area contributed by atoms with E-state index in [0.29, 0.717) is 13.1 Å². The summed E-state index contributed by atoms with van der Waals surface area (Å²) < 4.78 is 25.2. The first-order valence-electron chi connectivity index (χ1n) is 4.85. The van der Waals surface area contributed by atoms with Gasteiger partial charge < -0.3 is 5.11 Å². The lowest BCUT2D eigenvalue weighted by molar-refractivity contribution is 0.0696. The molecule has 1 aliphatic heterocycles. The zero-order valence-corrected chi connectivity index (χ0v) is 9.27. The van der Waals surface area contributed by atoms with Crippen LogP contribution in [0.15, 0.2) is 29.2 Å². The van der Waals surface area contributed by atoms with Crippen LogP contribution in [0.25, 0.3) is 0 Å². The molecule has 1 heterocycles. The molecule has 1 aromatic rings. The third-order valence-electron chi connectivity index (χ3n) is 2.53. The van der Waals surface area contributed by atoms with Crippen molar-refractivity contribution in [2.75, 3.05) is 13.1 Å². The Hall–Kier alpha value is -1.40. The quantitative estimate of drug-likeness (QED) is 0.848. The van der Waals surface area contributed by atoms with Crippen molar-refractivity contribution in [1.82, 2.24) is 4.31 Å². The fourth-order valence-corrected chi connectivity index (χ4v) is 3.03. The van der Waals surface area contributed by atoms with Crippen molar-refractivity contribution < 1.29 is 18.3 Å². The molecule has 0 atom stereocenters. The highest BCUT2D eigenvalue weighted by Crippen LogP contribution is 2.21. The zero-order valence-electron chi connectivity index (χ0n) is 8.46. The average Bonchev–Trinajstić information content (AvgIpc) is 2.14. The zero-order chi connectivity index (χ0) is 11.8. The van der Waals surface area contributed by atoms with Crippen LogP contribution in [-0.4, -0.2) is 36.9 Å². The van der Waals surface area contributed by atoms with E-state index in [2.05, 4.69) is 0 Å². The second-order valence-corrected chi connectivity index (χ2v) is 5.53. The number of benzene rings is 1. The summed E-state index contributed by atoms with van der Waals surface area (Å²) in [6.45, 7) is 1.03. The summed E-state index contributed by atoms with van der Waals surface area (Å²) in [4.78, 5) is 10.8. The summed E-state index contributed by atoms with van der Waals surface area (Å²) in [5.41, 5.74) is -0.0124. The molecule has 0 saturated carbocycles. The molecule has 0 radical (unpaired) electrons. The van der Waals surface area contributed by atoms with Gasteiger partial charge in [0.05, 0.1) is 10.5 Å². The molecule has 16 heavy (non-hydrogen) atoms. The lowest BCUT2D eigenvalue weighted by Crippen LogP contribution is -2.41. The highest BCUT2D eigenvalue weighted by atomic mass is 32.2. The van der Waals surface area contributed by atoms with Crippen molar-refractivity contribution >= 4 is 16.0 Å². The number of rotatable bonds is 3. The second kappa shape index (κ2) is 3.88. The van der Waals surface area contributed by atoms with Gasteiger partial charge in [-0.25, -0.2) is 13.2 Å². The van der Waals surface area contributed by atoms with E-state index in [1.807, 2.05) is 0 Å². The number of carboxylic acids is 1. The lowest BCUT2D eigenvalue weighted by atomic mass is 10.2. The Morgan fingerprint density at radius 3 is 2.50 bits per heavy atom. The first kappa shape index (κ1) is 11.1. The van der Waals surface area contributed by atoms with Gasteiger partial charge in [0.2, 0.25) is 10.0 Å². The summed E-state index contributed by atoms with van der Waals surface area (Å²) in [6, 6.07) is 5.42. The summed E-state index contributed by atoms with van der Waals surface area (Å²) in [5.74, 6) is -1.12. The number of carboxylic acid groups (broad SMARTS) is 1. The highest BCUT2D eigenvalue weighted by molar-refractivity contribution is 7.89. The predicted octanol–water partition coefficient (Wildman–Crippen LogP) is 0.779. The minimum absolute atomic E-state index is 0.0124. The third kappa shape index (κ3) is 1.81. The van der Waals surface area contributed by atoms with Gasteiger partial charge in [-0.3, -0.25) is 0 Å². The molecule has 0 unspecified atom stereocenters. The normalized spacial score (nSPS) is 16.8. The summed E-state index contributed by atoms with van der Waals surface area (Å²) in [7, 11) is -3.49. The van der Waals surface area contributed by atoms with E-state index in [1.54, 1.807) is 0 Å². The van der Waals surface area contributed by atoms with Crippen molar-refractivity contribution in [2.24, 2.45) is 0 Å². The maximum Gasteiger partial charge on any atom is 0.335 e. The molecule has 1 N–H and O–H groups in total. The van der Waals surface area contributed by atoms with Gasteiger partial charge >= 0.3 is 5.97 Å². The maximum atomic E-state index is 11.9. The van der Waals surface area contributed by atoms with Gasteiger partial charge in [0, 0.05) is 13.1 Å². The molecule has 1 saturated heterocycles. The molecule has 86 valence electrons. The Labute approximate surface area is 93.4 Å². The van der Waals surface area contributed by atoms with E-state index >= 15 is 0 Å². The van der Waals surface area contributed by atoms with Gasteiger partial charge in [0.25, 0.3) is 0 Å². The minimum Gasteiger partial charge on any atom is -0.478 e. The molecule has 6 heteroatoms. The van der Waals surface area contributed by atoms with Crippen molar-refractivity contribution in [3.63, 3.8) is 0 Å². The molecular weight excluding hydrogens is 230 g/mol. The van der Waals surface area contributed by atoms with Crippen molar-refractivity contribution in [3.05, 3.63) is 29.8 Å². The molecule has 5 nitrogen and oxygen atoms in total. The van der Waals surface area contributed by atoms with Crippen LogP contribution in [0.4, 0.5) is 0 Å². The Kier molecular flexibility index (Phi) is 2.69. The van der Waals surface area contributed by atoms with Gasteiger partial charge in [-0.2, -0.15) is 4.31 Å². The number of hydrogen-bond acceptors (Lipinski definition) is 3. The predicted molar refractivity (Wildman–Crippen MR) is 56.8 cm³/mol. The molecule has 2 rings (SSSR count). The van der Waals surface area contributed by atoms with Crippen molar-refractivity contribution in [3.8, 4) is 0 Å². The van der Waals surface area contributed by atoms with E-state index in [0.717, 1.165) is 6.42 Å². The van der Waals surface area contributed by atoms with Crippen LogP contribution in [0.2, 0.25) is 0 Å². The van der Waals surface area contributed by atoms with E-state index in [9.17, 15) is 13.2 Å². The monoisotopic (exact) mass is 241 g/mol. The topological polar surface area (TPSA) is 74.7 Å². The summed E-state index contributed by atoms with van der Waals surface area (Å²) >= 11 is 0. The van der Waals surface area contributed by atoms with Crippen LogP contribution >= 0.6 is 0 Å². The molecule has 0 bridgehead atoms. The highest BCUT2D eigenvalue weighted by Gasteiger charge is 2.29. The third-order valence-corrected chi connectivity index (χ3v) is 4.43. The summed E-state index contributed by atoms with van der Waals surface area (Å²) in [5, 5.41) is 8.78. The molecule has 0 aliphatic carbocycles. The molecule has 1 aliphatic rings. The SMILES string of the molecule is O=C(O)c1cccc(S(=O)(=O)N2CCC2)c1. The van der Waals surface area contributed by atoms with Gasteiger partial charge in [-0.15, -0.1) is 0 Å². The van der Waals surface area contributed by atoms with Crippen molar-refractivity contribution in [1.29, 1.82) is 0 Å². The number of aromatic carboxylic acids is 1. The molecule has 1 fully saturated rings. The molecule has 0 spiro atoms. The van der Waals surface area contributed by atoms with Crippen LogP contribution in [-0.2, 0) is 10.0 Å². The second-order valence-electron chi connectivity index (χ2n) is 3.59. The van der Waals surface area contributed by atoms with Gasteiger partial charge in [0.1, 0.15) is 0 Å². The molecule has 0 aromatic heterocycles. The van der Waals surface area contributed by atoms with Gasteiger partial charge in [-0.1, -0.05) is 6.07 Å². The average molecular weight is 241 g/mol. The number of carbonyl (C=O) groups is 1. The maximum absolute atomic E-state index is 11.9. The number of hydrogen-bond donors (Lipinski definition) is 1. The van der Waals surface area contributed by atoms with E-state index < -0.39 is 16.0 Å². The first-order valence-corrected chi connectivity index (χ1v) is 6.29. The number of nitrogens with zero attached hydrogens (tertiary/aromatic N) is 1. The Morgan fingerprint density at radius 2 is 2.00 bits per heavy atom. The van der Waals surface area contributed by atoms with Crippen LogP contribution in [0, 0.1) is 0 Å². The molecule has 1 aromatic carbocycles. The fraction of sp³-hybridized carbons (Fsp3) is 0.300. The van der Waals surface area contributed by atoms with Crippen LogP contribution in [0.5, 0.6) is 0 Å². The Bertz CT molecular complexity index is 519. The smallest absolute Gasteiger partial charge is 0.335 e. The van der Waals surface area contributed by atoms with E-state index in [-0.39, 0.29) is 10.5 Å². The van der Waals surface area contributed by atoms with E-state index in [1.165, 1.54) is 28.6 Å². The van der Waals surface area contributed by atoms with Crippen LogP contribution in [0.3, 0.4) is 0 Å². The number of sulfonamides is 1. The standard InChI is InChI=1S/C10H11NO4S/c12-10(13)8-3-1-4-9(7-8)16(14,15)11-5-2-6-11/h1,3-4,7H,2,5-6H2,(H,12,13). The Balaban J connectivity index is 2.40. The molecular formula is C10H11NO4S. The Morgan fingerprint density at radius 1 is 1.31 bits per heavy atom. The van der Waals surface area contributed by atoms with Gasteiger partial charge in [0.15, 0.2) is 0 Å². The van der Waals surface area contributed by atoms with Crippen LogP contribution < -0.4 is 0 Å². The first-order chi connectivity index (χ1) is 7.51. The summed E-state index contributed by atoms with van der Waals surface area (Å²) in [6.07, 6.45) is 0.859. The minimum atomic E-state index is -3.49. The fourth-order valence-electron chi connectivity index (χ4n) is 1.47. The van der Waals surface area contributed by atoms with Crippen LogP contribution in [0.1, 0.15) is 16.8 Å². The van der Waals surface area contributed by atoms with Gasteiger partial charge in [-0.05, 0) is 24.6 Å². The van der Waals surface area contributed by atoms with E-state index in [4.69, 9.17) is 5.11 Å². The molecule has 0 amide bonds. The largest absolute Gasteiger partial charge is 0.478 e. The lowest BCUT2D eigenvalue weighted by Gasteiger charge is -2.29.